The van der Waals surface area contributed by atoms with E-state index in [0.29, 0.717) is 12.0 Å². The average Bonchev–Trinajstić information content (AvgIpc) is 2.32. The number of allylic oxidation sites excluding steroid dienone is 1. The van der Waals surface area contributed by atoms with Gasteiger partial charge in [-0.1, -0.05) is 32.8 Å². The molecule has 2 atom stereocenters. The summed E-state index contributed by atoms with van der Waals surface area (Å²) in [5, 5.41) is 12.2. The van der Waals surface area contributed by atoms with Crippen molar-refractivity contribution in [1.82, 2.24) is 5.32 Å². The molecule has 2 unspecified atom stereocenters. The lowest BCUT2D eigenvalue weighted by atomic mass is 9.73. The first-order valence-electron chi connectivity index (χ1n) is 6.66. The Kier molecular flexibility index (Phi) is 4.93. The summed E-state index contributed by atoms with van der Waals surface area (Å²) >= 11 is 0. The van der Waals surface area contributed by atoms with E-state index in [1.165, 1.54) is 0 Å². The highest BCUT2D eigenvalue weighted by atomic mass is 16.4. The maximum absolute atomic E-state index is 12.0. The van der Waals surface area contributed by atoms with E-state index in [-0.39, 0.29) is 11.8 Å². The lowest BCUT2D eigenvalue weighted by molar-refractivity contribution is -0.151. The van der Waals surface area contributed by atoms with E-state index in [9.17, 15) is 14.7 Å². The van der Waals surface area contributed by atoms with Crippen LogP contribution in [0, 0.1) is 5.92 Å². The van der Waals surface area contributed by atoms with Crippen molar-refractivity contribution in [3.8, 4) is 0 Å². The van der Waals surface area contributed by atoms with Gasteiger partial charge in [-0.3, -0.25) is 4.79 Å². The van der Waals surface area contributed by atoms with Crippen molar-refractivity contribution in [1.29, 1.82) is 0 Å². The van der Waals surface area contributed by atoms with Gasteiger partial charge in [0, 0.05) is 5.57 Å². The number of carboxylic acid groups (broad SMARTS) is 1. The molecule has 1 aliphatic rings. The zero-order chi connectivity index (χ0) is 13.8. The van der Waals surface area contributed by atoms with Crippen molar-refractivity contribution in [2.75, 3.05) is 0 Å². The molecule has 0 aliphatic heterocycles. The fourth-order valence-corrected chi connectivity index (χ4v) is 2.60. The number of hydrogen-bond donors (Lipinski definition) is 2. The van der Waals surface area contributed by atoms with Crippen LogP contribution in [0.1, 0.15) is 52.9 Å². The normalized spacial score (nSPS) is 28.8. The summed E-state index contributed by atoms with van der Waals surface area (Å²) in [6.45, 7) is 5.58. The van der Waals surface area contributed by atoms with Gasteiger partial charge in [-0.15, -0.1) is 0 Å². The van der Waals surface area contributed by atoms with Crippen LogP contribution < -0.4 is 5.32 Å². The molecule has 0 saturated heterocycles. The highest BCUT2D eigenvalue weighted by Gasteiger charge is 2.46. The molecular formula is C14H23NO3. The van der Waals surface area contributed by atoms with Crippen LogP contribution in [-0.4, -0.2) is 22.5 Å². The quantitative estimate of drug-likeness (QED) is 0.756. The minimum absolute atomic E-state index is 0.0258. The second-order valence-corrected chi connectivity index (χ2v) is 5.17. The fraction of sp³-hybridized carbons (Fsp3) is 0.714. The van der Waals surface area contributed by atoms with Gasteiger partial charge in [0.05, 0.1) is 0 Å². The molecule has 0 aromatic heterocycles. The van der Waals surface area contributed by atoms with Crippen LogP contribution in [0.4, 0.5) is 0 Å². The molecule has 1 rings (SSSR count). The van der Waals surface area contributed by atoms with Crippen LogP contribution in [0.15, 0.2) is 11.6 Å². The summed E-state index contributed by atoms with van der Waals surface area (Å²) in [5.74, 6) is -1.19. The Morgan fingerprint density at radius 2 is 2.11 bits per heavy atom. The number of hydrogen-bond acceptors (Lipinski definition) is 2. The highest BCUT2D eigenvalue weighted by Crippen LogP contribution is 2.34. The Bertz CT molecular complexity index is 362. The predicted octanol–water partition coefficient (Wildman–Crippen LogP) is 2.49. The third kappa shape index (κ3) is 2.92. The first kappa shape index (κ1) is 14.7. The third-order valence-electron chi connectivity index (χ3n) is 3.89. The number of carboxylic acids is 1. The lowest BCUT2D eigenvalue weighted by Crippen LogP contribution is -2.60. The predicted molar refractivity (Wildman–Crippen MR) is 70.2 cm³/mol. The second kappa shape index (κ2) is 6.03. The van der Waals surface area contributed by atoms with Crippen molar-refractivity contribution < 1.29 is 14.7 Å². The Morgan fingerprint density at radius 1 is 1.44 bits per heavy atom. The van der Waals surface area contributed by atoms with Crippen molar-refractivity contribution >= 4 is 11.9 Å². The van der Waals surface area contributed by atoms with E-state index < -0.39 is 11.5 Å². The first-order chi connectivity index (χ1) is 8.44. The van der Waals surface area contributed by atoms with E-state index >= 15 is 0 Å². The van der Waals surface area contributed by atoms with Gasteiger partial charge < -0.3 is 10.4 Å². The van der Waals surface area contributed by atoms with Gasteiger partial charge in [-0.2, -0.15) is 0 Å². The van der Waals surface area contributed by atoms with Crippen LogP contribution in [0.5, 0.6) is 0 Å². The molecule has 0 bridgehead atoms. The molecular weight excluding hydrogens is 230 g/mol. The Labute approximate surface area is 108 Å². The smallest absolute Gasteiger partial charge is 0.329 e. The van der Waals surface area contributed by atoms with Gasteiger partial charge in [-0.05, 0) is 32.1 Å². The van der Waals surface area contributed by atoms with Crippen molar-refractivity contribution in [3.63, 3.8) is 0 Å². The second-order valence-electron chi connectivity index (χ2n) is 5.17. The van der Waals surface area contributed by atoms with Crippen LogP contribution >= 0.6 is 0 Å². The van der Waals surface area contributed by atoms with E-state index in [1.807, 2.05) is 19.9 Å². The summed E-state index contributed by atoms with van der Waals surface area (Å²) in [7, 11) is 0. The lowest BCUT2D eigenvalue weighted by Gasteiger charge is -2.39. The number of carbonyl (C=O) groups is 2. The van der Waals surface area contributed by atoms with Gasteiger partial charge in [0.15, 0.2) is 0 Å². The van der Waals surface area contributed by atoms with Crippen LogP contribution in [0.2, 0.25) is 0 Å². The topological polar surface area (TPSA) is 66.4 Å². The number of aliphatic carboxylic acids is 1. The minimum Gasteiger partial charge on any atom is -0.479 e. The molecule has 0 radical (unpaired) electrons. The minimum atomic E-state index is -1.09. The van der Waals surface area contributed by atoms with E-state index in [2.05, 4.69) is 5.32 Å². The Balaban J connectivity index is 2.90. The number of carbonyl (C=O) groups excluding carboxylic acids is 1. The molecule has 1 amide bonds. The summed E-state index contributed by atoms with van der Waals surface area (Å²) in [4.78, 5) is 23.6. The zero-order valence-electron chi connectivity index (χ0n) is 11.5. The molecule has 0 spiro atoms. The molecule has 4 heteroatoms. The number of rotatable bonds is 4. The van der Waals surface area contributed by atoms with Gasteiger partial charge in [-0.25, -0.2) is 4.79 Å². The standard InChI is InChI=1S/C14H23NO3/c1-4-7-10(2)12(16)15-14(13(17)18)9-6-5-8-11(14)3/h7,11H,4-6,8-9H2,1-3H3,(H,15,16)(H,17,18)/b10-7-. The van der Waals surface area contributed by atoms with Crippen LogP contribution in [-0.2, 0) is 9.59 Å². The van der Waals surface area contributed by atoms with Crippen LogP contribution in [0.25, 0.3) is 0 Å². The fourth-order valence-electron chi connectivity index (χ4n) is 2.60. The van der Waals surface area contributed by atoms with Gasteiger partial charge in [0.1, 0.15) is 5.54 Å². The molecule has 0 aromatic rings. The average molecular weight is 253 g/mol. The van der Waals surface area contributed by atoms with Gasteiger partial charge in [0.2, 0.25) is 5.91 Å². The largest absolute Gasteiger partial charge is 0.479 e. The summed E-state index contributed by atoms with van der Waals surface area (Å²) in [6.07, 6.45) is 5.86. The maximum atomic E-state index is 12.0. The SMILES string of the molecule is CC/C=C(/C)C(=O)NC1(C(=O)O)CCCCC1C. The molecule has 0 aromatic carbocycles. The molecule has 1 aliphatic carbocycles. The van der Waals surface area contributed by atoms with E-state index in [4.69, 9.17) is 0 Å². The van der Waals surface area contributed by atoms with Crippen molar-refractivity contribution in [3.05, 3.63) is 11.6 Å². The first-order valence-corrected chi connectivity index (χ1v) is 6.66. The van der Waals surface area contributed by atoms with Crippen LogP contribution in [0.3, 0.4) is 0 Å². The molecule has 1 fully saturated rings. The summed E-state index contributed by atoms with van der Waals surface area (Å²) in [6, 6.07) is 0. The Hall–Kier alpha value is -1.32. The molecule has 18 heavy (non-hydrogen) atoms. The van der Waals surface area contributed by atoms with E-state index in [0.717, 1.165) is 25.7 Å². The Morgan fingerprint density at radius 3 is 2.61 bits per heavy atom. The zero-order valence-corrected chi connectivity index (χ0v) is 11.5. The highest BCUT2D eigenvalue weighted by molar-refractivity contribution is 5.96. The van der Waals surface area contributed by atoms with Crippen molar-refractivity contribution in [2.45, 2.75) is 58.4 Å². The summed E-state index contributed by atoms with van der Waals surface area (Å²) in [5.41, 5.74) is -0.492. The van der Waals surface area contributed by atoms with Crippen molar-refractivity contribution in [2.24, 2.45) is 5.92 Å². The molecule has 4 nitrogen and oxygen atoms in total. The monoisotopic (exact) mass is 253 g/mol. The molecule has 2 N–H and O–H groups in total. The third-order valence-corrected chi connectivity index (χ3v) is 3.89. The summed E-state index contributed by atoms with van der Waals surface area (Å²) < 4.78 is 0. The number of amides is 1. The van der Waals surface area contributed by atoms with Gasteiger partial charge in [0.25, 0.3) is 0 Å². The van der Waals surface area contributed by atoms with Gasteiger partial charge >= 0.3 is 5.97 Å². The molecule has 1 saturated carbocycles. The molecule has 102 valence electrons. The maximum Gasteiger partial charge on any atom is 0.329 e. The number of nitrogens with one attached hydrogen (secondary N) is 1. The van der Waals surface area contributed by atoms with E-state index in [1.54, 1.807) is 6.92 Å². The molecule has 0 heterocycles.